The molecule has 0 saturated carbocycles. The summed E-state index contributed by atoms with van der Waals surface area (Å²) >= 11 is 12.0. The number of anilines is 3. The second-order valence-corrected chi connectivity index (χ2v) is 4.93. The lowest BCUT2D eigenvalue weighted by molar-refractivity contribution is 0.970. The summed E-state index contributed by atoms with van der Waals surface area (Å²) in [6.07, 6.45) is 1.06. The molecule has 0 aliphatic rings. The SMILES string of the molecule is CCCNc1cccc(Nc2ccc(Cl)cc2Cl)n1. The number of nitrogens with one attached hydrogen (secondary N) is 2. The molecule has 1 aromatic carbocycles. The minimum absolute atomic E-state index is 0.571. The van der Waals surface area contributed by atoms with Crippen LogP contribution < -0.4 is 10.6 Å². The highest BCUT2D eigenvalue weighted by Crippen LogP contribution is 2.27. The minimum atomic E-state index is 0.571. The van der Waals surface area contributed by atoms with Gasteiger partial charge in [-0.2, -0.15) is 0 Å². The van der Waals surface area contributed by atoms with Crippen molar-refractivity contribution in [3.63, 3.8) is 0 Å². The maximum Gasteiger partial charge on any atom is 0.132 e. The van der Waals surface area contributed by atoms with Crippen molar-refractivity contribution in [1.29, 1.82) is 0 Å². The number of halogens is 2. The molecule has 1 aromatic heterocycles. The van der Waals surface area contributed by atoms with E-state index in [0.29, 0.717) is 10.0 Å². The van der Waals surface area contributed by atoms with Crippen molar-refractivity contribution in [2.24, 2.45) is 0 Å². The Bertz CT molecular complexity index is 558. The van der Waals surface area contributed by atoms with Crippen molar-refractivity contribution >= 4 is 40.5 Å². The van der Waals surface area contributed by atoms with Gasteiger partial charge >= 0.3 is 0 Å². The fourth-order valence-corrected chi connectivity index (χ4v) is 2.04. The third-order valence-corrected chi connectivity index (χ3v) is 3.05. The van der Waals surface area contributed by atoms with E-state index in [0.717, 1.165) is 30.3 Å². The highest BCUT2D eigenvalue weighted by atomic mass is 35.5. The van der Waals surface area contributed by atoms with Gasteiger partial charge in [0.25, 0.3) is 0 Å². The molecule has 0 bridgehead atoms. The van der Waals surface area contributed by atoms with Crippen LogP contribution in [0.1, 0.15) is 13.3 Å². The molecule has 2 N–H and O–H groups in total. The third kappa shape index (κ3) is 4.01. The average molecular weight is 296 g/mol. The highest BCUT2D eigenvalue weighted by molar-refractivity contribution is 6.36. The Balaban J connectivity index is 2.14. The van der Waals surface area contributed by atoms with Crippen LogP contribution in [0.15, 0.2) is 36.4 Å². The first-order valence-electron chi connectivity index (χ1n) is 6.12. The monoisotopic (exact) mass is 295 g/mol. The first kappa shape index (κ1) is 14.0. The molecular weight excluding hydrogens is 281 g/mol. The molecule has 0 radical (unpaired) electrons. The molecule has 2 aromatic rings. The molecule has 19 heavy (non-hydrogen) atoms. The fraction of sp³-hybridized carbons (Fsp3) is 0.214. The number of benzene rings is 1. The topological polar surface area (TPSA) is 37.0 Å². The Kier molecular flexibility index (Phi) is 4.88. The summed E-state index contributed by atoms with van der Waals surface area (Å²) < 4.78 is 0. The summed E-state index contributed by atoms with van der Waals surface area (Å²) in [5, 5.41) is 7.60. The Morgan fingerprint density at radius 3 is 2.63 bits per heavy atom. The molecule has 2 rings (SSSR count). The summed E-state index contributed by atoms with van der Waals surface area (Å²) in [6, 6.07) is 11.1. The van der Waals surface area contributed by atoms with Gasteiger partial charge in [0.15, 0.2) is 0 Å². The van der Waals surface area contributed by atoms with Gasteiger partial charge in [-0.25, -0.2) is 4.98 Å². The number of nitrogens with zero attached hydrogens (tertiary/aromatic N) is 1. The zero-order valence-electron chi connectivity index (χ0n) is 10.6. The molecular formula is C14H15Cl2N3. The molecule has 5 heteroatoms. The summed E-state index contributed by atoms with van der Waals surface area (Å²) in [4.78, 5) is 4.46. The van der Waals surface area contributed by atoms with E-state index in [9.17, 15) is 0 Å². The van der Waals surface area contributed by atoms with Crippen molar-refractivity contribution in [1.82, 2.24) is 4.98 Å². The first-order valence-corrected chi connectivity index (χ1v) is 6.87. The second kappa shape index (κ2) is 6.64. The van der Waals surface area contributed by atoms with Crippen LogP contribution in [0.5, 0.6) is 0 Å². The lowest BCUT2D eigenvalue weighted by Gasteiger charge is -2.10. The lowest BCUT2D eigenvalue weighted by atomic mass is 10.3. The second-order valence-electron chi connectivity index (χ2n) is 4.08. The summed E-state index contributed by atoms with van der Waals surface area (Å²) in [6.45, 7) is 3.01. The van der Waals surface area contributed by atoms with Crippen LogP contribution in [-0.2, 0) is 0 Å². The molecule has 1 heterocycles. The van der Waals surface area contributed by atoms with E-state index >= 15 is 0 Å². The molecule has 0 unspecified atom stereocenters. The molecule has 3 nitrogen and oxygen atoms in total. The Morgan fingerprint density at radius 2 is 1.89 bits per heavy atom. The molecule has 0 aliphatic carbocycles. The maximum atomic E-state index is 6.11. The predicted octanol–water partition coefficient (Wildman–Crippen LogP) is 4.95. The van der Waals surface area contributed by atoms with Crippen LogP contribution in [0.25, 0.3) is 0 Å². The Morgan fingerprint density at radius 1 is 1.11 bits per heavy atom. The van der Waals surface area contributed by atoms with Crippen LogP contribution in [0, 0.1) is 0 Å². The minimum Gasteiger partial charge on any atom is -0.370 e. The van der Waals surface area contributed by atoms with Gasteiger partial charge in [0.2, 0.25) is 0 Å². The van der Waals surface area contributed by atoms with Crippen LogP contribution in [0.3, 0.4) is 0 Å². The molecule has 0 atom stereocenters. The van der Waals surface area contributed by atoms with Crippen LogP contribution in [-0.4, -0.2) is 11.5 Å². The largest absolute Gasteiger partial charge is 0.370 e. The maximum absolute atomic E-state index is 6.11. The summed E-state index contributed by atoms with van der Waals surface area (Å²) in [5.74, 6) is 1.59. The van der Waals surface area contributed by atoms with Gasteiger partial charge in [-0.15, -0.1) is 0 Å². The number of rotatable bonds is 5. The van der Waals surface area contributed by atoms with E-state index in [1.807, 2.05) is 24.3 Å². The fourth-order valence-electron chi connectivity index (χ4n) is 1.58. The predicted molar refractivity (Wildman–Crippen MR) is 82.8 cm³/mol. The third-order valence-electron chi connectivity index (χ3n) is 2.50. The van der Waals surface area contributed by atoms with Gasteiger partial charge in [-0.1, -0.05) is 36.2 Å². The standard InChI is InChI=1S/C14H15Cl2N3/c1-2-8-17-13-4-3-5-14(19-13)18-12-7-6-10(15)9-11(12)16/h3-7,9H,2,8H2,1H3,(H2,17,18,19). The van der Waals surface area contributed by atoms with Gasteiger partial charge in [0.05, 0.1) is 10.7 Å². The van der Waals surface area contributed by atoms with Gasteiger partial charge < -0.3 is 10.6 Å². The first-order chi connectivity index (χ1) is 9.19. The number of aromatic nitrogens is 1. The van der Waals surface area contributed by atoms with Gasteiger partial charge in [0, 0.05) is 11.6 Å². The van der Waals surface area contributed by atoms with Gasteiger partial charge in [0.1, 0.15) is 11.6 Å². The number of pyridine rings is 1. The highest BCUT2D eigenvalue weighted by Gasteiger charge is 2.03. The van der Waals surface area contributed by atoms with E-state index in [2.05, 4.69) is 22.5 Å². The number of hydrogen-bond acceptors (Lipinski definition) is 3. The Hall–Kier alpha value is -1.45. The van der Waals surface area contributed by atoms with Crippen LogP contribution in [0.2, 0.25) is 10.0 Å². The molecule has 0 aliphatic heterocycles. The smallest absolute Gasteiger partial charge is 0.132 e. The van der Waals surface area contributed by atoms with Crippen molar-refractivity contribution in [3.8, 4) is 0 Å². The molecule has 0 amide bonds. The molecule has 0 spiro atoms. The van der Waals surface area contributed by atoms with E-state index in [4.69, 9.17) is 23.2 Å². The summed E-state index contributed by atoms with van der Waals surface area (Å²) in [5.41, 5.74) is 0.784. The molecule has 0 saturated heterocycles. The zero-order valence-corrected chi connectivity index (χ0v) is 12.1. The molecule has 0 fully saturated rings. The van der Waals surface area contributed by atoms with E-state index < -0.39 is 0 Å². The van der Waals surface area contributed by atoms with E-state index in [-0.39, 0.29) is 0 Å². The number of hydrogen-bond donors (Lipinski definition) is 2. The van der Waals surface area contributed by atoms with Crippen molar-refractivity contribution < 1.29 is 0 Å². The normalized spacial score (nSPS) is 10.3. The molecule has 100 valence electrons. The lowest BCUT2D eigenvalue weighted by Crippen LogP contribution is -2.03. The van der Waals surface area contributed by atoms with Crippen molar-refractivity contribution in [3.05, 3.63) is 46.4 Å². The van der Waals surface area contributed by atoms with Crippen LogP contribution in [0.4, 0.5) is 17.3 Å². The quantitative estimate of drug-likeness (QED) is 0.819. The van der Waals surface area contributed by atoms with Crippen molar-refractivity contribution in [2.75, 3.05) is 17.2 Å². The Labute approximate surface area is 123 Å². The van der Waals surface area contributed by atoms with Gasteiger partial charge in [-0.3, -0.25) is 0 Å². The van der Waals surface area contributed by atoms with Gasteiger partial charge in [-0.05, 0) is 36.8 Å². The summed E-state index contributed by atoms with van der Waals surface area (Å²) in [7, 11) is 0. The van der Waals surface area contributed by atoms with E-state index in [1.165, 1.54) is 0 Å². The van der Waals surface area contributed by atoms with Crippen LogP contribution >= 0.6 is 23.2 Å². The zero-order chi connectivity index (χ0) is 13.7. The van der Waals surface area contributed by atoms with Crippen molar-refractivity contribution in [2.45, 2.75) is 13.3 Å². The average Bonchev–Trinajstić information content (AvgIpc) is 2.40. The van der Waals surface area contributed by atoms with E-state index in [1.54, 1.807) is 12.1 Å².